The van der Waals surface area contributed by atoms with Crippen LogP contribution < -0.4 is 16.0 Å². The number of amides is 3. The van der Waals surface area contributed by atoms with E-state index in [2.05, 4.69) is 50.1 Å². The van der Waals surface area contributed by atoms with Gasteiger partial charge in [-0.3, -0.25) is 19.6 Å². The maximum Gasteiger partial charge on any atom is 0.325 e. The maximum absolute atomic E-state index is 12.5. The zero-order valence-corrected chi connectivity index (χ0v) is 21.7. The highest BCUT2D eigenvalue weighted by atomic mass is 127. The Kier molecular flexibility index (Phi) is 10.2. The molecule has 2 unspecified atom stereocenters. The minimum atomic E-state index is -0.774. The van der Waals surface area contributed by atoms with Gasteiger partial charge in [0.15, 0.2) is 5.96 Å². The van der Waals surface area contributed by atoms with Gasteiger partial charge in [0.25, 0.3) is 5.91 Å². The first kappa shape index (κ1) is 26.4. The van der Waals surface area contributed by atoms with Crippen LogP contribution >= 0.6 is 24.0 Å². The number of halogens is 1. The van der Waals surface area contributed by atoms with Crippen LogP contribution in [0.15, 0.2) is 35.3 Å². The van der Waals surface area contributed by atoms with Gasteiger partial charge in [0.05, 0.1) is 6.04 Å². The summed E-state index contributed by atoms with van der Waals surface area (Å²) in [6.45, 7) is 7.71. The lowest BCUT2D eigenvalue weighted by Crippen LogP contribution is -2.44. The standard InChI is InChI=1S/C23H36N6O2.HI/c1-4-23(2)20(30)29(22(31)27-23)16-10-13-25-21(24-3)26-17-19(28-14-8-9-15-28)18-11-6-5-7-12-18;/h5-7,11-12,19H,4,8-10,13-17H2,1-3H3,(H,27,31)(H2,24,25,26);1H. The van der Waals surface area contributed by atoms with Crippen molar-refractivity contribution in [3.8, 4) is 0 Å². The predicted octanol–water partition coefficient (Wildman–Crippen LogP) is 2.72. The second-order valence-corrected chi connectivity index (χ2v) is 8.48. The van der Waals surface area contributed by atoms with E-state index in [1.54, 1.807) is 14.0 Å². The molecule has 9 heteroatoms. The third kappa shape index (κ3) is 6.34. The van der Waals surface area contributed by atoms with Gasteiger partial charge in [-0.15, -0.1) is 24.0 Å². The molecule has 2 aliphatic heterocycles. The summed E-state index contributed by atoms with van der Waals surface area (Å²) in [4.78, 5) is 32.8. The number of carbonyl (C=O) groups is 2. The Morgan fingerprint density at radius 2 is 1.88 bits per heavy atom. The lowest BCUT2D eigenvalue weighted by atomic mass is 9.99. The summed E-state index contributed by atoms with van der Waals surface area (Å²) in [7, 11) is 1.76. The molecule has 1 aromatic rings. The smallest absolute Gasteiger partial charge is 0.325 e. The molecule has 0 spiro atoms. The van der Waals surface area contributed by atoms with Crippen molar-refractivity contribution in [2.75, 3.05) is 39.8 Å². The number of hydrogen-bond donors (Lipinski definition) is 3. The summed E-state index contributed by atoms with van der Waals surface area (Å²) >= 11 is 0. The van der Waals surface area contributed by atoms with E-state index < -0.39 is 5.54 Å². The van der Waals surface area contributed by atoms with Crippen LogP contribution in [-0.4, -0.2) is 73.0 Å². The van der Waals surface area contributed by atoms with E-state index in [9.17, 15) is 9.59 Å². The van der Waals surface area contributed by atoms with Crippen LogP contribution in [0.3, 0.4) is 0 Å². The number of nitrogens with one attached hydrogen (secondary N) is 3. The zero-order chi connectivity index (χ0) is 22.3. The molecule has 0 radical (unpaired) electrons. The van der Waals surface area contributed by atoms with Crippen molar-refractivity contribution < 1.29 is 9.59 Å². The van der Waals surface area contributed by atoms with Crippen molar-refractivity contribution in [2.24, 2.45) is 4.99 Å². The number of likely N-dealkylation sites (tertiary alicyclic amines) is 1. The topological polar surface area (TPSA) is 89.1 Å². The van der Waals surface area contributed by atoms with Gasteiger partial charge in [-0.05, 0) is 51.3 Å². The number of urea groups is 1. The molecule has 0 bridgehead atoms. The number of carbonyl (C=O) groups excluding carboxylic acids is 2. The van der Waals surface area contributed by atoms with Gasteiger partial charge in [-0.1, -0.05) is 37.3 Å². The minimum Gasteiger partial charge on any atom is -0.356 e. The number of nitrogens with zero attached hydrogens (tertiary/aromatic N) is 3. The summed E-state index contributed by atoms with van der Waals surface area (Å²) in [5.41, 5.74) is 0.536. The molecular weight excluding hydrogens is 519 g/mol. The van der Waals surface area contributed by atoms with E-state index >= 15 is 0 Å². The number of rotatable bonds is 9. The average molecular weight is 556 g/mol. The summed E-state index contributed by atoms with van der Waals surface area (Å²) in [5, 5.41) is 9.55. The van der Waals surface area contributed by atoms with Crippen LogP contribution in [0.2, 0.25) is 0 Å². The average Bonchev–Trinajstić information content (AvgIpc) is 3.39. The highest BCUT2D eigenvalue weighted by Gasteiger charge is 2.45. The quantitative estimate of drug-likeness (QED) is 0.143. The first-order chi connectivity index (χ1) is 15.0. The highest BCUT2D eigenvalue weighted by Crippen LogP contribution is 2.24. The lowest BCUT2D eigenvalue weighted by Gasteiger charge is -2.29. The van der Waals surface area contributed by atoms with Gasteiger partial charge < -0.3 is 16.0 Å². The molecule has 3 N–H and O–H groups in total. The largest absolute Gasteiger partial charge is 0.356 e. The van der Waals surface area contributed by atoms with Crippen molar-refractivity contribution in [3.05, 3.63) is 35.9 Å². The van der Waals surface area contributed by atoms with Crippen LogP contribution in [0.5, 0.6) is 0 Å². The van der Waals surface area contributed by atoms with E-state index in [-0.39, 0.29) is 35.9 Å². The van der Waals surface area contributed by atoms with Gasteiger partial charge >= 0.3 is 6.03 Å². The molecule has 8 nitrogen and oxygen atoms in total. The fourth-order valence-electron chi connectivity index (χ4n) is 4.23. The molecule has 2 atom stereocenters. The molecule has 1 aromatic carbocycles. The molecule has 32 heavy (non-hydrogen) atoms. The van der Waals surface area contributed by atoms with Crippen molar-refractivity contribution >= 4 is 41.9 Å². The van der Waals surface area contributed by atoms with Gasteiger partial charge in [-0.2, -0.15) is 0 Å². The fourth-order valence-corrected chi connectivity index (χ4v) is 4.23. The van der Waals surface area contributed by atoms with Crippen LogP contribution in [-0.2, 0) is 4.79 Å². The Morgan fingerprint density at radius 3 is 2.47 bits per heavy atom. The Morgan fingerprint density at radius 1 is 1.19 bits per heavy atom. The first-order valence-electron chi connectivity index (χ1n) is 11.4. The van der Waals surface area contributed by atoms with Gasteiger partial charge in [-0.25, -0.2) is 4.79 Å². The molecule has 0 aromatic heterocycles. The van der Waals surface area contributed by atoms with Gasteiger partial charge in [0, 0.05) is 26.7 Å². The Hall–Kier alpha value is -1.88. The number of imide groups is 1. The minimum absolute atomic E-state index is 0. The highest BCUT2D eigenvalue weighted by molar-refractivity contribution is 14.0. The van der Waals surface area contributed by atoms with E-state index in [4.69, 9.17) is 0 Å². The van der Waals surface area contributed by atoms with Crippen molar-refractivity contribution in [2.45, 2.75) is 51.1 Å². The van der Waals surface area contributed by atoms with Gasteiger partial charge in [0.1, 0.15) is 5.54 Å². The molecule has 2 heterocycles. The molecule has 2 saturated heterocycles. The van der Waals surface area contributed by atoms with Crippen molar-refractivity contribution in [3.63, 3.8) is 0 Å². The normalized spacial score (nSPS) is 22.5. The van der Waals surface area contributed by atoms with E-state index in [1.807, 2.05) is 13.0 Å². The molecule has 2 fully saturated rings. The molecular formula is C23H37IN6O2. The molecule has 0 saturated carbocycles. The Bertz CT molecular complexity index is 784. The number of hydrogen-bond acceptors (Lipinski definition) is 4. The molecule has 2 aliphatic rings. The SMILES string of the molecule is CCC1(C)NC(=O)N(CCCNC(=NC)NCC(c2ccccc2)N2CCCC2)C1=O.I. The number of aliphatic imine (C=N–C) groups is 1. The summed E-state index contributed by atoms with van der Waals surface area (Å²) < 4.78 is 0. The van der Waals surface area contributed by atoms with Crippen molar-refractivity contribution in [1.82, 2.24) is 25.8 Å². The van der Waals surface area contributed by atoms with Crippen molar-refractivity contribution in [1.29, 1.82) is 0 Å². The summed E-state index contributed by atoms with van der Waals surface area (Å²) in [6.07, 6.45) is 3.74. The summed E-state index contributed by atoms with van der Waals surface area (Å²) in [5.74, 6) is 0.592. The third-order valence-electron chi connectivity index (χ3n) is 6.36. The van der Waals surface area contributed by atoms with Gasteiger partial charge in [0.2, 0.25) is 0 Å². The van der Waals surface area contributed by atoms with Crippen LogP contribution in [0.1, 0.15) is 51.1 Å². The van der Waals surface area contributed by atoms with Crippen LogP contribution in [0.4, 0.5) is 4.79 Å². The maximum atomic E-state index is 12.5. The Labute approximate surface area is 208 Å². The molecule has 3 rings (SSSR count). The predicted molar refractivity (Wildman–Crippen MR) is 138 cm³/mol. The molecule has 0 aliphatic carbocycles. The number of benzene rings is 1. The van der Waals surface area contributed by atoms with E-state index in [1.165, 1.54) is 23.3 Å². The second kappa shape index (κ2) is 12.4. The molecule has 178 valence electrons. The Balaban J connectivity index is 0.00000363. The lowest BCUT2D eigenvalue weighted by molar-refractivity contribution is -0.130. The fraction of sp³-hybridized carbons (Fsp3) is 0.609. The second-order valence-electron chi connectivity index (χ2n) is 8.48. The van der Waals surface area contributed by atoms with Crippen LogP contribution in [0.25, 0.3) is 0 Å². The number of guanidine groups is 1. The monoisotopic (exact) mass is 556 g/mol. The summed E-state index contributed by atoms with van der Waals surface area (Å²) in [6, 6.07) is 10.6. The first-order valence-corrected chi connectivity index (χ1v) is 11.4. The third-order valence-corrected chi connectivity index (χ3v) is 6.36. The zero-order valence-electron chi connectivity index (χ0n) is 19.4. The van der Waals surface area contributed by atoms with E-state index in [0.717, 1.165) is 25.6 Å². The molecule has 3 amide bonds. The van der Waals surface area contributed by atoms with E-state index in [0.29, 0.717) is 32.0 Å². The van der Waals surface area contributed by atoms with Crippen LogP contribution in [0, 0.1) is 0 Å².